The number of Topliss-reactive ketones (excluding diaryl/α,β-unsaturated/α-hetero) is 1. The lowest BCUT2D eigenvalue weighted by Crippen LogP contribution is -2.06. The van der Waals surface area contributed by atoms with Gasteiger partial charge >= 0.3 is 0 Å². The first kappa shape index (κ1) is 17.8. The summed E-state index contributed by atoms with van der Waals surface area (Å²) in [6.45, 7) is 4.34. The Kier molecular flexibility index (Phi) is 5.41. The Bertz CT molecular complexity index is 871. The zero-order valence-corrected chi connectivity index (χ0v) is 15.2. The molecular weight excluding hydrogens is 328 g/mol. The number of nitrogens with zero attached hydrogens (tertiary/aromatic N) is 4. The van der Waals surface area contributed by atoms with Gasteiger partial charge < -0.3 is 4.74 Å². The summed E-state index contributed by atoms with van der Waals surface area (Å²) in [5.74, 6) is 0.889. The highest BCUT2D eigenvalue weighted by atomic mass is 16.5. The minimum atomic E-state index is 0.0984. The van der Waals surface area contributed by atoms with E-state index in [1.54, 1.807) is 23.0 Å². The summed E-state index contributed by atoms with van der Waals surface area (Å²) in [6.07, 6.45) is 2.09. The fourth-order valence-electron chi connectivity index (χ4n) is 2.62. The molecule has 0 atom stereocenters. The van der Waals surface area contributed by atoms with Crippen molar-refractivity contribution < 1.29 is 9.53 Å². The van der Waals surface area contributed by atoms with E-state index in [9.17, 15) is 4.79 Å². The molecule has 2 aromatic heterocycles. The predicted molar refractivity (Wildman–Crippen MR) is 98.8 cm³/mol. The van der Waals surface area contributed by atoms with E-state index in [0.29, 0.717) is 30.4 Å². The summed E-state index contributed by atoms with van der Waals surface area (Å²) in [6, 6.07) is 13.3. The molecule has 0 aliphatic carbocycles. The number of ketones is 1. The Morgan fingerprint density at radius 2 is 1.92 bits per heavy atom. The van der Waals surface area contributed by atoms with Gasteiger partial charge in [0.05, 0.1) is 0 Å². The number of pyridine rings is 1. The van der Waals surface area contributed by atoms with E-state index in [4.69, 9.17) is 4.74 Å². The van der Waals surface area contributed by atoms with Gasteiger partial charge in [0, 0.05) is 36.9 Å². The van der Waals surface area contributed by atoms with E-state index in [1.165, 1.54) is 0 Å². The maximum atomic E-state index is 12.1. The number of carbonyl (C=O) groups is 1. The maximum Gasteiger partial charge on any atom is 0.213 e. The molecule has 0 spiro atoms. The number of carbonyl (C=O) groups excluding carboxylic acids is 1. The van der Waals surface area contributed by atoms with Crippen molar-refractivity contribution >= 4 is 5.78 Å². The van der Waals surface area contributed by atoms with Gasteiger partial charge in [0.2, 0.25) is 5.88 Å². The van der Waals surface area contributed by atoms with Gasteiger partial charge in [-0.05, 0) is 12.0 Å². The van der Waals surface area contributed by atoms with Crippen molar-refractivity contribution in [3.63, 3.8) is 0 Å². The fourth-order valence-corrected chi connectivity index (χ4v) is 2.62. The minimum absolute atomic E-state index is 0.0984. The number of hydrogen-bond donors (Lipinski definition) is 0. The predicted octanol–water partition coefficient (Wildman–Crippen LogP) is 3.68. The first-order chi connectivity index (χ1) is 12.5. The zero-order chi connectivity index (χ0) is 18.5. The van der Waals surface area contributed by atoms with Gasteiger partial charge in [-0.1, -0.05) is 49.4 Å². The molecule has 134 valence electrons. The lowest BCUT2D eigenvalue weighted by atomic mass is 10.0. The SMILES string of the molecule is CC(C)CC(=O)c1ccc(OCc2c(-c3ccccc3)nnn2C)nc1. The van der Waals surface area contributed by atoms with Crippen LogP contribution in [0.15, 0.2) is 48.7 Å². The van der Waals surface area contributed by atoms with Gasteiger partial charge in [0.1, 0.15) is 18.0 Å². The highest BCUT2D eigenvalue weighted by Gasteiger charge is 2.14. The molecule has 0 fully saturated rings. The van der Waals surface area contributed by atoms with Crippen LogP contribution in [0.5, 0.6) is 5.88 Å². The van der Waals surface area contributed by atoms with E-state index in [0.717, 1.165) is 17.0 Å². The van der Waals surface area contributed by atoms with Crippen LogP contribution >= 0.6 is 0 Å². The first-order valence-corrected chi connectivity index (χ1v) is 8.60. The number of ether oxygens (including phenoxy) is 1. The van der Waals surface area contributed by atoms with Crippen LogP contribution in [0.1, 0.15) is 36.3 Å². The van der Waals surface area contributed by atoms with Gasteiger partial charge in [-0.3, -0.25) is 4.79 Å². The van der Waals surface area contributed by atoms with Crippen molar-refractivity contribution in [2.24, 2.45) is 13.0 Å². The Balaban J connectivity index is 1.70. The number of aromatic nitrogens is 4. The normalized spacial score (nSPS) is 10.9. The maximum absolute atomic E-state index is 12.1. The third-order valence-corrected chi connectivity index (χ3v) is 4.00. The van der Waals surface area contributed by atoms with E-state index >= 15 is 0 Å². The smallest absolute Gasteiger partial charge is 0.213 e. The molecule has 0 aliphatic rings. The molecule has 0 unspecified atom stereocenters. The number of aryl methyl sites for hydroxylation is 1. The Labute approximate surface area is 152 Å². The van der Waals surface area contributed by atoms with E-state index in [2.05, 4.69) is 15.3 Å². The number of hydrogen-bond acceptors (Lipinski definition) is 5. The van der Waals surface area contributed by atoms with E-state index < -0.39 is 0 Å². The largest absolute Gasteiger partial charge is 0.471 e. The van der Waals surface area contributed by atoms with Crippen LogP contribution < -0.4 is 4.74 Å². The van der Waals surface area contributed by atoms with Crippen LogP contribution in [-0.2, 0) is 13.7 Å². The van der Waals surface area contributed by atoms with Crippen LogP contribution in [0.4, 0.5) is 0 Å². The zero-order valence-electron chi connectivity index (χ0n) is 15.2. The fraction of sp³-hybridized carbons (Fsp3) is 0.300. The highest BCUT2D eigenvalue weighted by molar-refractivity contribution is 5.95. The van der Waals surface area contributed by atoms with E-state index in [1.807, 2.05) is 51.2 Å². The second-order valence-electron chi connectivity index (χ2n) is 6.57. The van der Waals surface area contributed by atoms with Gasteiger partial charge in [0.25, 0.3) is 0 Å². The Hall–Kier alpha value is -3.02. The molecule has 0 aliphatic heterocycles. The van der Waals surface area contributed by atoms with Crippen molar-refractivity contribution in [2.45, 2.75) is 26.9 Å². The van der Waals surface area contributed by atoms with Crippen LogP contribution in [0.2, 0.25) is 0 Å². The molecule has 3 rings (SSSR count). The first-order valence-electron chi connectivity index (χ1n) is 8.60. The molecule has 0 radical (unpaired) electrons. The molecule has 26 heavy (non-hydrogen) atoms. The molecule has 0 amide bonds. The monoisotopic (exact) mass is 350 g/mol. The van der Waals surface area contributed by atoms with Crippen molar-refractivity contribution in [3.05, 3.63) is 59.9 Å². The average Bonchev–Trinajstić information content (AvgIpc) is 3.01. The summed E-state index contributed by atoms with van der Waals surface area (Å²) in [5, 5.41) is 8.32. The second-order valence-corrected chi connectivity index (χ2v) is 6.57. The molecule has 6 nitrogen and oxygen atoms in total. The minimum Gasteiger partial charge on any atom is -0.471 e. The summed E-state index contributed by atoms with van der Waals surface area (Å²) in [5.41, 5.74) is 3.25. The molecule has 6 heteroatoms. The van der Waals surface area contributed by atoms with Crippen molar-refractivity contribution in [1.82, 2.24) is 20.0 Å². The molecule has 1 aromatic carbocycles. The summed E-state index contributed by atoms with van der Waals surface area (Å²) >= 11 is 0. The molecule has 0 saturated heterocycles. The molecule has 0 bridgehead atoms. The molecule has 0 N–H and O–H groups in total. The van der Waals surface area contributed by atoms with Gasteiger partial charge in [-0.15, -0.1) is 5.10 Å². The Morgan fingerprint density at radius 1 is 1.15 bits per heavy atom. The molecular formula is C20H22N4O2. The van der Waals surface area contributed by atoms with Crippen LogP contribution in [0, 0.1) is 5.92 Å². The van der Waals surface area contributed by atoms with Gasteiger partial charge in [0.15, 0.2) is 5.78 Å². The van der Waals surface area contributed by atoms with Crippen molar-refractivity contribution in [2.75, 3.05) is 0 Å². The third kappa shape index (κ3) is 4.14. The third-order valence-electron chi connectivity index (χ3n) is 4.00. The quantitative estimate of drug-likeness (QED) is 0.608. The van der Waals surface area contributed by atoms with Crippen LogP contribution in [0.3, 0.4) is 0 Å². The van der Waals surface area contributed by atoms with Crippen molar-refractivity contribution in [1.29, 1.82) is 0 Å². The summed E-state index contributed by atoms with van der Waals surface area (Å²) in [4.78, 5) is 16.3. The number of rotatable bonds is 7. The van der Waals surface area contributed by atoms with Crippen LogP contribution in [0.25, 0.3) is 11.3 Å². The Morgan fingerprint density at radius 3 is 2.58 bits per heavy atom. The van der Waals surface area contributed by atoms with Gasteiger partial charge in [-0.2, -0.15) is 0 Å². The van der Waals surface area contributed by atoms with Crippen molar-refractivity contribution in [3.8, 4) is 17.1 Å². The van der Waals surface area contributed by atoms with Crippen LogP contribution in [-0.4, -0.2) is 25.8 Å². The molecule has 2 heterocycles. The molecule has 3 aromatic rings. The highest BCUT2D eigenvalue weighted by Crippen LogP contribution is 2.22. The standard InChI is InChI=1S/C20H22N4O2/c1-14(2)11-18(25)16-9-10-19(21-12-16)26-13-17-20(22-23-24(17)3)15-7-5-4-6-8-15/h4-10,12,14H,11,13H2,1-3H3. The van der Waals surface area contributed by atoms with Gasteiger partial charge in [-0.25, -0.2) is 9.67 Å². The lowest BCUT2D eigenvalue weighted by molar-refractivity contribution is 0.0967. The second kappa shape index (κ2) is 7.91. The summed E-state index contributed by atoms with van der Waals surface area (Å²) < 4.78 is 7.48. The summed E-state index contributed by atoms with van der Waals surface area (Å²) in [7, 11) is 1.83. The average molecular weight is 350 g/mol. The lowest BCUT2D eigenvalue weighted by Gasteiger charge is -2.08. The topological polar surface area (TPSA) is 69.9 Å². The number of benzene rings is 1. The van der Waals surface area contributed by atoms with E-state index in [-0.39, 0.29) is 5.78 Å². The molecule has 0 saturated carbocycles.